The van der Waals surface area contributed by atoms with Crippen molar-refractivity contribution in [2.24, 2.45) is 0 Å². The summed E-state index contributed by atoms with van der Waals surface area (Å²) >= 11 is 0. The molecule has 2 N–H and O–H groups in total. The van der Waals surface area contributed by atoms with Gasteiger partial charge in [0.1, 0.15) is 24.1 Å². The minimum atomic E-state index is -4.17. The van der Waals surface area contributed by atoms with Crippen LogP contribution >= 0.6 is 0 Å². The maximum atomic E-state index is 13.1. The van der Waals surface area contributed by atoms with Crippen LogP contribution in [0.5, 0.6) is 11.5 Å². The van der Waals surface area contributed by atoms with Crippen LogP contribution in [0.4, 0.5) is 0 Å². The van der Waals surface area contributed by atoms with Crippen molar-refractivity contribution in [1.29, 1.82) is 5.26 Å². The Morgan fingerprint density at radius 1 is 1.10 bits per heavy atom. The Kier molecular flexibility index (Phi) is 8.75. The van der Waals surface area contributed by atoms with Gasteiger partial charge in [-0.1, -0.05) is 24.1 Å². The minimum Gasteiger partial charge on any atom is -0.496 e. The first-order valence-electron chi connectivity index (χ1n) is 12.3. The van der Waals surface area contributed by atoms with Crippen molar-refractivity contribution in [1.82, 2.24) is 9.29 Å². The lowest BCUT2D eigenvalue weighted by atomic mass is 10.0. The molecule has 4 aromatic rings. The summed E-state index contributed by atoms with van der Waals surface area (Å²) in [6.45, 7) is 2.28. The third kappa shape index (κ3) is 6.44. The van der Waals surface area contributed by atoms with Crippen molar-refractivity contribution >= 4 is 26.9 Å². The normalized spacial score (nSPS) is 11.7. The molecular weight excluding hydrogens is 530 g/mol. The molecule has 0 aliphatic carbocycles. The molecule has 4 rings (SSSR count). The molecular formula is C30H27N3O6S. The average Bonchev–Trinajstić information content (AvgIpc) is 3.29. The van der Waals surface area contributed by atoms with Crippen molar-refractivity contribution in [3.63, 3.8) is 0 Å². The van der Waals surface area contributed by atoms with E-state index < -0.39 is 22.0 Å². The van der Waals surface area contributed by atoms with E-state index in [2.05, 4.69) is 22.6 Å². The number of nitriles is 1. The van der Waals surface area contributed by atoms with Gasteiger partial charge in [0.15, 0.2) is 0 Å². The maximum absolute atomic E-state index is 13.1. The summed E-state index contributed by atoms with van der Waals surface area (Å²) < 4.78 is 41.3. The van der Waals surface area contributed by atoms with Crippen molar-refractivity contribution < 1.29 is 27.8 Å². The minimum absolute atomic E-state index is 0.0990. The van der Waals surface area contributed by atoms with Gasteiger partial charge in [-0.05, 0) is 61.0 Å². The number of hydrogen-bond donors (Lipinski definition) is 2. The third-order valence-corrected chi connectivity index (χ3v) is 7.75. The number of ether oxygens (including phenoxy) is 2. The molecule has 0 radical (unpaired) electrons. The monoisotopic (exact) mass is 557 g/mol. The van der Waals surface area contributed by atoms with Gasteiger partial charge in [-0.25, -0.2) is 8.42 Å². The zero-order valence-corrected chi connectivity index (χ0v) is 22.7. The smallest absolute Gasteiger partial charge is 0.322 e. The zero-order chi connectivity index (χ0) is 28.7. The van der Waals surface area contributed by atoms with Crippen LogP contribution in [-0.2, 0) is 27.8 Å². The summed E-state index contributed by atoms with van der Waals surface area (Å²) in [6.07, 6.45) is 1.64. The number of carbonyl (C=O) groups is 1. The Labute approximate surface area is 232 Å². The molecule has 0 aliphatic heterocycles. The van der Waals surface area contributed by atoms with E-state index >= 15 is 0 Å². The first kappa shape index (κ1) is 28.2. The largest absolute Gasteiger partial charge is 0.496 e. The van der Waals surface area contributed by atoms with Crippen molar-refractivity contribution in [3.8, 4) is 29.4 Å². The van der Waals surface area contributed by atoms with Gasteiger partial charge in [0.25, 0.3) is 0 Å². The number of benzene rings is 3. The number of fused-ring (bicyclic) bond motifs is 1. The fourth-order valence-electron chi connectivity index (χ4n) is 4.31. The highest BCUT2D eigenvalue weighted by atomic mass is 32.2. The molecule has 0 amide bonds. The number of carboxylic acid groups (broad SMARTS) is 1. The van der Waals surface area contributed by atoms with Crippen LogP contribution in [0.1, 0.15) is 23.6 Å². The Morgan fingerprint density at radius 2 is 1.85 bits per heavy atom. The third-order valence-electron chi connectivity index (χ3n) is 6.27. The van der Waals surface area contributed by atoms with Gasteiger partial charge in [-0.3, -0.25) is 4.79 Å². The fraction of sp³-hybridized carbons (Fsp3) is 0.200. The molecule has 0 bridgehead atoms. The molecule has 40 heavy (non-hydrogen) atoms. The van der Waals surface area contributed by atoms with Crippen LogP contribution in [0, 0.1) is 23.2 Å². The first-order valence-corrected chi connectivity index (χ1v) is 13.8. The van der Waals surface area contributed by atoms with Crippen LogP contribution in [0.15, 0.2) is 77.8 Å². The number of sulfonamides is 1. The lowest BCUT2D eigenvalue weighted by molar-refractivity contribution is -0.138. The number of aromatic nitrogens is 1. The Bertz CT molecular complexity index is 1740. The molecule has 0 unspecified atom stereocenters. The highest BCUT2D eigenvalue weighted by Gasteiger charge is 2.27. The van der Waals surface area contributed by atoms with Crippen LogP contribution in [0.25, 0.3) is 10.9 Å². The lowest BCUT2D eigenvalue weighted by Crippen LogP contribution is -2.42. The number of carboxylic acids is 1. The van der Waals surface area contributed by atoms with E-state index in [0.717, 1.165) is 11.1 Å². The number of aliphatic carboxylic acids is 1. The summed E-state index contributed by atoms with van der Waals surface area (Å²) in [5, 5.41) is 20.1. The number of para-hydroxylation sites is 1. The molecule has 1 aromatic heterocycles. The molecule has 0 saturated heterocycles. The van der Waals surface area contributed by atoms with E-state index in [-0.39, 0.29) is 17.9 Å². The maximum Gasteiger partial charge on any atom is 0.322 e. The van der Waals surface area contributed by atoms with E-state index in [1.54, 1.807) is 38.4 Å². The molecule has 0 aliphatic rings. The molecule has 1 atom stereocenters. The number of nitrogens with one attached hydrogen (secondary N) is 1. The van der Waals surface area contributed by atoms with Gasteiger partial charge in [-0.15, -0.1) is 5.92 Å². The Balaban J connectivity index is 1.64. The average molecular weight is 558 g/mol. The summed E-state index contributed by atoms with van der Waals surface area (Å²) in [5.41, 5.74) is 2.67. The lowest BCUT2D eigenvalue weighted by Gasteiger charge is -2.15. The molecule has 0 fully saturated rings. The molecule has 3 aromatic carbocycles. The fourth-order valence-corrected chi connectivity index (χ4v) is 5.50. The Hall–Kier alpha value is -4.77. The number of hydrogen-bond acceptors (Lipinski definition) is 6. The predicted molar refractivity (Wildman–Crippen MR) is 150 cm³/mol. The summed E-state index contributed by atoms with van der Waals surface area (Å²) in [5.74, 6) is 5.26. The molecule has 0 spiro atoms. The first-order chi connectivity index (χ1) is 19.2. The number of methoxy groups -OCH3 is 1. The second-order valence-electron chi connectivity index (χ2n) is 8.84. The van der Waals surface area contributed by atoms with E-state index in [1.807, 2.05) is 28.8 Å². The molecule has 9 nitrogen and oxygen atoms in total. The topological polar surface area (TPSA) is 131 Å². The SMILES string of the molecule is CC#CCOc1ccc(S(=O)(=O)N[C@@H](Cc2cn(Cc3ccccc3OC)c3ccc(C#N)cc23)C(=O)O)cc1. The van der Waals surface area contributed by atoms with Gasteiger partial charge >= 0.3 is 5.97 Å². The van der Waals surface area contributed by atoms with E-state index in [1.165, 1.54) is 24.3 Å². The van der Waals surface area contributed by atoms with Crippen LogP contribution < -0.4 is 14.2 Å². The highest BCUT2D eigenvalue weighted by Crippen LogP contribution is 2.28. The number of rotatable bonds is 11. The second-order valence-corrected chi connectivity index (χ2v) is 10.6. The molecule has 0 saturated carbocycles. The highest BCUT2D eigenvalue weighted by molar-refractivity contribution is 7.89. The van der Waals surface area contributed by atoms with Gasteiger partial charge in [0, 0.05) is 29.1 Å². The van der Waals surface area contributed by atoms with Crippen LogP contribution in [0.3, 0.4) is 0 Å². The zero-order valence-electron chi connectivity index (χ0n) is 21.9. The standard InChI is InChI=1S/C30H27N3O6S/c1-3-4-15-39-24-10-12-25(13-11-24)40(36,37)32-27(30(34)35)17-23-20-33(19-22-7-5-6-8-29(22)38-2)28-14-9-21(18-31)16-26(23)28/h5-14,16,20,27,32H,15,17,19H2,1-2H3,(H,34,35)/t27-/m0/s1. The van der Waals surface area contributed by atoms with Gasteiger partial charge in [-0.2, -0.15) is 9.98 Å². The number of nitrogens with zero attached hydrogens (tertiary/aromatic N) is 2. The van der Waals surface area contributed by atoms with Crippen LogP contribution in [0.2, 0.25) is 0 Å². The van der Waals surface area contributed by atoms with Gasteiger partial charge < -0.3 is 19.1 Å². The van der Waals surface area contributed by atoms with Crippen LogP contribution in [-0.4, -0.2) is 43.8 Å². The second kappa shape index (κ2) is 12.4. The van der Waals surface area contributed by atoms with Crippen molar-refractivity contribution in [2.45, 2.75) is 30.8 Å². The molecule has 204 valence electrons. The van der Waals surface area contributed by atoms with Gasteiger partial charge in [0.05, 0.1) is 30.2 Å². The quantitative estimate of drug-likeness (QED) is 0.267. The predicted octanol–water partition coefficient (Wildman–Crippen LogP) is 3.95. The summed E-state index contributed by atoms with van der Waals surface area (Å²) in [4.78, 5) is 12.1. The van der Waals surface area contributed by atoms with E-state index in [9.17, 15) is 23.6 Å². The molecule has 10 heteroatoms. The van der Waals surface area contributed by atoms with Crippen molar-refractivity contribution in [3.05, 3.63) is 89.6 Å². The summed E-state index contributed by atoms with van der Waals surface area (Å²) in [6, 6.07) is 19.0. The van der Waals surface area contributed by atoms with E-state index in [4.69, 9.17) is 9.47 Å². The molecule has 1 heterocycles. The summed E-state index contributed by atoms with van der Waals surface area (Å²) in [7, 11) is -2.59. The van der Waals surface area contributed by atoms with Crippen molar-refractivity contribution in [2.75, 3.05) is 13.7 Å². The van der Waals surface area contributed by atoms with Gasteiger partial charge in [0.2, 0.25) is 10.0 Å². The van der Waals surface area contributed by atoms with E-state index in [0.29, 0.717) is 34.6 Å². The Morgan fingerprint density at radius 3 is 2.52 bits per heavy atom.